The molecule has 0 radical (unpaired) electrons. The van der Waals surface area contributed by atoms with Crippen molar-refractivity contribution in [1.82, 2.24) is 15.4 Å². The molecule has 4 rings (SSSR count). The van der Waals surface area contributed by atoms with E-state index in [2.05, 4.69) is 43.7 Å². The minimum Gasteiger partial charge on any atom is -0.494 e. The minimum absolute atomic E-state index is 0.286. The number of hydrazine groups is 1. The van der Waals surface area contributed by atoms with Crippen molar-refractivity contribution in [3.63, 3.8) is 0 Å². The van der Waals surface area contributed by atoms with Gasteiger partial charge in [-0.2, -0.15) is 0 Å². The Bertz CT molecular complexity index is 1210. The largest absolute Gasteiger partial charge is 0.494 e. The number of fused-ring (bicyclic) bond motifs is 1. The SMILES string of the molecule is CCCCOc1ccc(C(=O)NNc2nc(-c3ccccc3)c3cc(Br)ccc3n2)cc1. The van der Waals surface area contributed by atoms with Crippen LogP contribution in [0.5, 0.6) is 5.75 Å². The summed E-state index contributed by atoms with van der Waals surface area (Å²) in [6, 6.07) is 22.8. The first-order valence-electron chi connectivity index (χ1n) is 10.5. The number of aromatic nitrogens is 2. The number of halogens is 1. The average Bonchev–Trinajstić information content (AvgIpc) is 2.83. The van der Waals surface area contributed by atoms with Crippen molar-refractivity contribution >= 4 is 38.7 Å². The standard InChI is InChI=1S/C25H23BrN4O2/c1-2-3-15-32-20-12-9-18(10-13-20)24(31)29-30-25-27-22-14-11-19(26)16-21(22)23(28-25)17-7-5-4-6-8-17/h4-14,16H,2-3,15H2,1H3,(H,29,31)(H,27,28,30). The Hall–Kier alpha value is -3.45. The summed E-state index contributed by atoms with van der Waals surface area (Å²) in [5.41, 5.74) is 8.55. The summed E-state index contributed by atoms with van der Waals surface area (Å²) >= 11 is 3.52. The van der Waals surface area contributed by atoms with E-state index in [1.165, 1.54) is 0 Å². The van der Waals surface area contributed by atoms with Crippen LogP contribution in [0, 0.1) is 0 Å². The van der Waals surface area contributed by atoms with E-state index in [1.54, 1.807) is 24.3 Å². The number of rotatable bonds is 8. The number of amides is 1. The van der Waals surface area contributed by atoms with Gasteiger partial charge in [0, 0.05) is 21.0 Å². The van der Waals surface area contributed by atoms with E-state index in [-0.39, 0.29) is 5.91 Å². The predicted octanol–water partition coefficient (Wildman–Crippen LogP) is 6.00. The fourth-order valence-electron chi connectivity index (χ4n) is 3.19. The quantitative estimate of drug-likeness (QED) is 0.234. The second-order valence-corrected chi connectivity index (χ2v) is 8.14. The van der Waals surface area contributed by atoms with Crippen LogP contribution >= 0.6 is 15.9 Å². The van der Waals surface area contributed by atoms with Crippen molar-refractivity contribution < 1.29 is 9.53 Å². The third-order valence-corrected chi connectivity index (χ3v) is 5.37. The lowest BCUT2D eigenvalue weighted by Gasteiger charge is -2.12. The third kappa shape index (κ3) is 5.23. The highest BCUT2D eigenvalue weighted by molar-refractivity contribution is 9.10. The molecule has 0 aliphatic heterocycles. The molecule has 0 unspecified atom stereocenters. The van der Waals surface area contributed by atoms with Gasteiger partial charge >= 0.3 is 0 Å². The normalized spacial score (nSPS) is 10.7. The zero-order valence-corrected chi connectivity index (χ0v) is 19.2. The maximum atomic E-state index is 12.6. The van der Waals surface area contributed by atoms with E-state index in [1.807, 2.05) is 48.5 Å². The third-order valence-electron chi connectivity index (χ3n) is 4.88. The Morgan fingerprint density at radius 3 is 2.53 bits per heavy atom. The Labute approximate surface area is 195 Å². The number of nitrogens with zero attached hydrogens (tertiary/aromatic N) is 2. The van der Waals surface area contributed by atoms with Gasteiger partial charge in [0.15, 0.2) is 0 Å². The van der Waals surface area contributed by atoms with Gasteiger partial charge in [-0.1, -0.05) is 59.6 Å². The van der Waals surface area contributed by atoms with Crippen LogP contribution in [0.2, 0.25) is 0 Å². The molecule has 1 heterocycles. The number of ether oxygens (including phenoxy) is 1. The summed E-state index contributed by atoms with van der Waals surface area (Å²) in [6.07, 6.45) is 2.08. The summed E-state index contributed by atoms with van der Waals surface area (Å²) < 4.78 is 6.59. The molecular formula is C25H23BrN4O2. The van der Waals surface area contributed by atoms with E-state index in [9.17, 15) is 4.79 Å². The van der Waals surface area contributed by atoms with E-state index in [4.69, 9.17) is 4.74 Å². The van der Waals surface area contributed by atoms with E-state index < -0.39 is 0 Å². The summed E-state index contributed by atoms with van der Waals surface area (Å²) in [7, 11) is 0. The molecule has 32 heavy (non-hydrogen) atoms. The number of nitrogens with one attached hydrogen (secondary N) is 2. The molecular weight excluding hydrogens is 468 g/mol. The van der Waals surface area contributed by atoms with Gasteiger partial charge in [-0.15, -0.1) is 0 Å². The van der Waals surface area contributed by atoms with Crippen LogP contribution < -0.4 is 15.6 Å². The van der Waals surface area contributed by atoms with Crippen molar-refractivity contribution in [3.8, 4) is 17.0 Å². The smallest absolute Gasteiger partial charge is 0.269 e. The van der Waals surface area contributed by atoms with Crippen LogP contribution in [0.25, 0.3) is 22.2 Å². The molecule has 0 spiro atoms. The summed E-state index contributed by atoms with van der Waals surface area (Å²) in [5.74, 6) is 0.775. The second kappa shape index (κ2) is 10.2. The molecule has 0 aliphatic rings. The number of carbonyl (C=O) groups excluding carboxylic acids is 1. The van der Waals surface area contributed by atoms with Crippen molar-refractivity contribution in [2.45, 2.75) is 19.8 Å². The van der Waals surface area contributed by atoms with E-state index in [0.29, 0.717) is 18.1 Å². The number of carbonyl (C=O) groups is 1. The van der Waals surface area contributed by atoms with Crippen LogP contribution in [0.4, 0.5) is 5.95 Å². The van der Waals surface area contributed by atoms with Gasteiger partial charge in [0.2, 0.25) is 5.95 Å². The molecule has 162 valence electrons. The number of unbranched alkanes of at least 4 members (excludes halogenated alkanes) is 1. The highest BCUT2D eigenvalue weighted by Crippen LogP contribution is 2.29. The lowest BCUT2D eigenvalue weighted by molar-refractivity contribution is 0.0962. The molecule has 1 aromatic heterocycles. The molecule has 4 aromatic rings. The zero-order valence-electron chi connectivity index (χ0n) is 17.6. The lowest BCUT2D eigenvalue weighted by Crippen LogP contribution is -2.30. The first-order chi connectivity index (χ1) is 15.6. The van der Waals surface area contributed by atoms with Gasteiger partial charge in [-0.3, -0.25) is 15.6 Å². The molecule has 6 nitrogen and oxygen atoms in total. The maximum absolute atomic E-state index is 12.6. The van der Waals surface area contributed by atoms with Gasteiger partial charge in [0.1, 0.15) is 5.75 Å². The molecule has 0 aliphatic carbocycles. The lowest BCUT2D eigenvalue weighted by atomic mass is 10.1. The maximum Gasteiger partial charge on any atom is 0.269 e. The molecule has 0 saturated carbocycles. The van der Waals surface area contributed by atoms with E-state index >= 15 is 0 Å². The van der Waals surface area contributed by atoms with Crippen molar-refractivity contribution in [3.05, 3.63) is 82.8 Å². The van der Waals surface area contributed by atoms with Crippen LogP contribution in [0.3, 0.4) is 0 Å². The van der Waals surface area contributed by atoms with Crippen LogP contribution in [-0.4, -0.2) is 22.5 Å². The average molecular weight is 491 g/mol. The molecule has 7 heteroatoms. The van der Waals surface area contributed by atoms with Gasteiger partial charge in [0.25, 0.3) is 5.91 Å². The van der Waals surface area contributed by atoms with Gasteiger partial charge in [-0.05, 0) is 48.9 Å². The van der Waals surface area contributed by atoms with Crippen molar-refractivity contribution in [1.29, 1.82) is 0 Å². The van der Waals surface area contributed by atoms with E-state index in [0.717, 1.165) is 45.2 Å². The molecule has 2 N–H and O–H groups in total. The summed E-state index contributed by atoms with van der Waals surface area (Å²) in [5, 5.41) is 0.918. The zero-order chi connectivity index (χ0) is 22.3. The molecule has 0 saturated heterocycles. The molecule has 1 amide bonds. The number of anilines is 1. The molecule has 0 atom stereocenters. The fourth-order valence-corrected chi connectivity index (χ4v) is 3.56. The highest BCUT2D eigenvalue weighted by Gasteiger charge is 2.12. The second-order valence-electron chi connectivity index (χ2n) is 7.23. The molecule has 3 aromatic carbocycles. The first-order valence-corrected chi connectivity index (χ1v) is 11.3. The topological polar surface area (TPSA) is 76.1 Å². The fraction of sp³-hybridized carbons (Fsp3) is 0.160. The summed E-state index contributed by atoms with van der Waals surface area (Å²) in [6.45, 7) is 2.79. The van der Waals surface area contributed by atoms with Gasteiger partial charge in [0.05, 0.1) is 17.8 Å². The number of hydrogen-bond acceptors (Lipinski definition) is 5. The monoisotopic (exact) mass is 490 g/mol. The molecule has 0 bridgehead atoms. The summed E-state index contributed by atoms with van der Waals surface area (Å²) in [4.78, 5) is 21.8. The first kappa shape index (κ1) is 21.8. The Morgan fingerprint density at radius 2 is 1.78 bits per heavy atom. The van der Waals surface area contributed by atoms with Crippen LogP contribution in [-0.2, 0) is 0 Å². The van der Waals surface area contributed by atoms with Crippen molar-refractivity contribution in [2.75, 3.05) is 12.0 Å². The molecule has 0 fully saturated rings. The Kier molecular flexibility index (Phi) is 6.97. The number of benzene rings is 3. The van der Waals surface area contributed by atoms with Gasteiger partial charge < -0.3 is 4.74 Å². The highest BCUT2D eigenvalue weighted by atomic mass is 79.9. The van der Waals surface area contributed by atoms with Crippen molar-refractivity contribution in [2.24, 2.45) is 0 Å². The minimum atomic E-state index is -0.286. The predicted molar refractivity (Wildman–Crippen MR) is 131 cm³/mol. The number of hydrogen-bond donors (Lipinski definition) is 2. The van der Waals surface area contributed by atoms with Crippen LogP contribution in [0.1, 0.15) is 30.1 Å². The van der Waals surface area contributed by atoms with Gasteiger partial charge in [-0.25, -0.2) is 9.97 Å². The van der Waals surface area contributed by atoms with Crippen LogP contribution in [0.15, 0.2) is 77.3 Å². The Balaban J connectivity index is 1.52. The Morgan fingerprint density at radius 1 is 1.00 bits per heavy atom.